The van der Waals surface area contributed by atoms with Crippen LogP contribution in [-0.2, 0) is 32.6 Å². The molecule has 0 saturated carbocycles. The molecule has 9 nitrogen and oxygen atoms in total. The third-order valence-corrected chi connectivity index (χ3v) is 10.2. The number of carbonyl (C=O) groups excluding carboxylic acids is 2. The third-order valence-electron chi connectivity index (χ3n) is 7.81. The van der Waals surface area contributed by atoms with Crippen LogP contribution in [0.4, 0.5) is 10.1 Å². The van der Waals surface area contributed by atoms with Crippen LogP contribution in [0.1, 0.15) is 25.0 Å². The Bertz CT molecular complexity index is 1890. The lowest BCUT2D eigenvalue weighted by atomic mass is 10.0. The van der Waals surface area contributed by atoms with Gasteiger partial charge in [0.2, 0.25) is 11.8 Å². The predicted molar refractivity (Wildman–Crippen MR) is 187 cm³/mol. The minimum atomic E-state index is -4.46. The fraction of sp³-hybridized carbons (Fsp3) is 0.278. The molecule has 0 unspecified atom stereocenters. The minimum Gasteiger partial charge on any atom is -0.486 e. The highest BCUT2D eigenvalue weighted by Gasteiger charge is 2.35. The second-order valence-electron chi connectivity index (χ2n) is 11.9. The van der Waals surface area contributed by atoms with E-state index < -0.39 is 40.2 Å². The quantitative estimate of drug-likeness (QED) is 0.168. The minimum absolute atomic E-state index is 0.0398. The molecular weight excluding hydrogens is 692 g/mol. The molecule has 0 bridgehead atoms. The van der Waals surface area contributed by atoms with Gasteiger partial charge in [-0.3, -0.25) is 13.9 Å². The van der Waals surface area contributed by atoms with E-state index in [4.69, 9.17) is 32.7 Å². The van der Waals surface area contributed by atoms with Gasteiger partial charge in [0.15, 0.2) is 11.5 Å². The van der Waals surface area contributed by atoms with Gasteiger partial charge in [-0.25, -0.2) is 12.8 Å². The number of fused-ring (bicyclic) bond motifs is 1. The van der Waals surface area contributed by atoms with Crippen molar-refractivity contribution >= 4 is 50.7 Å². The topological polar surface area (TPSA) is 105 Å². The maximum Gasteiger partial charge on any atom is 0.264 e. The number of rotatable bonds is 13. The summed E-state index contributed by atoms with van der Waals surface area (Å²) in [6.07, 6.45) is 0.132. The van der Waals surface area contributed by atoms with Crippen LogP contribution in [0.15, 0.2) is 95.9 Å². The number of nitrogens with zero attached hydrogens (tertiary/aromatic N) is 2. The Morgan fingerprint density at radius 3 is 2.27 bits per heavy atom. The van der Waals surface area contributed by atoms with Crippen LogP contribution in [0.25, 0.3) is 0 Å². The summed E-state index contributed by atoms with van der Waals surface area (Å²) >= 11 is 12.7. The van der Waals surface area contributed by atoms with E-state index in [0.717, 1.165) is 22.0 Å². The van der Waals surface area contributed by atoms with Crippen molar-refractivity contribution in [2.75, 3.05) is 30.6 Å². The van der Waals surface area contributed by atoms with E-state index in [0.29, 0.717) is 29.5 Å². The Kier molecular flexibility index (Phi) is 11.7. The molecule has 13 heteroatoms. The van der Waals surface area contributed by atoms with Gasteiger partial charge >= 0.3 is 0 Å². The molecule has 0 aromatic heterocycles. The number of hydrogen-bond donors (Lipinski definition) is 1. The van der Waals surface area contributed by atoms with Crippen molar-refractivity contribution in [1.29, 1.82) is 0 Å². The van der Waals surface area contributed by atoms with E-state index in [-0.39, 0.29) is 46.8 Å². The molecule has 0 aliphatic carbocycles. The molecule has 0 saturated heterocycles. The number of halogens is 3. The molecule has 1 aliphatic rings. The van der Waals surface area contributed by atoms with Crippen molar-refractivity contribution in [3.05, 3.63) is 118 Å². The number of benzene rings is 4. The number of hydrogen-bond acceptors (Lipinski definition) is 6. The Hall–Kier alpha value is -4.32. The second kappa shape index (κ2) is 15.9. The predicted octanol–water partition coefficient (Wildman–Crippen LogP) is 6.51. The summed E-state index contributed by atoms with van der Waals surface area (Å²) in [5.41, 5.74) is 1.32. The van der Waals surface area contributed by atoms with Gasteiger partial charge in [-0.2, -0.15) is 0 Å². The summed E-state index contributed by atoms with van der Waals surface area (Å²) in [6, 6.07) is 21.9. The Labute approximate surface area is 295 Å². The van der Waals surface area contributed by atoms with Gasteiger partial charge < -0.3 is 19.7 Å². The molecule has 4 aromatic carbocycles. The molecule has 0 spiro atoms. The highest BCUT2D eigenvalue weighted by Crippen LogP contribution is 2.34. The zero-order valence-electron chi connectivity index (χ0n) is 26.9. The number of anilines is 1. The Balaban J connectivity index is 1.58. The highest BCUT2D eigenvalue weighted by atomic mass is 35.5. The first-order valence-electron chi connectivity index (χ1n) is 15.7. The average Bonchev–Trinajstić information content (AvgIpc) is 3.09. The molecule has 258 valence electrons. The molecule has 1 heterocycles. The summed E-state index contributed by atoms with van der Waals surface area (Å²) in [6.45, 7) is 3.95. The fourth-order valence-corrected chi connectivity index (χ4v) is 7.16. The summed E-state index contributed by atoms with van der Waals surface area (Å²) in [5, 5.41) is 3.59. The lowest BCUT2D eigenvalue weighted by Gasteiger charge is -2.34. The largest absolute Gasteiger partial charge is 0.486 e. The summed E-state index contributed by atoms with van der Waals surface area (Å²) < 4.78 is 54.8. The summed E-state index contributed by atoms with van der Waals surface area (Å²) in [5.74, 6) is -0.953. The molecule has 1 N–H and O–H groups in total. The van der Waals surface area contributed by atoms with Crippen molar-refractivity contribution in [1.82, 2.24) is 10.2 Å². The van der Waals surface area contributed by atoms with Crippen LogP contribution < -0.4 is 19.1 Å². The van der Waals surface area contributed by atoms with Crippen molar-refractivity contribution < 1.29 is 31.9 Å². The van der Waals surface area contributed by atoms with E-state index in [1.165, 1.54) is 41.3 Å². The maximum absolute atomic E-state index is 14.6. The van der Waals surface area contributed by atoms with Gasteiger partial charge in [0.25, 0.3) is 10.0 Å². The van der Waals surface area contributed by atoms with Crippen LogP contribution in [0.2, 0.25) is 10.0 Å². The monoisotopic (exact) mass is 727 g/mol. The lowest BCUT2D eigenvalue weighted by molar-refractivity contribution is -0.140. The third kappa shape index (κ3) is 9.03. The molecule has 5 rings (SSSR count). The van der Waals surface area contributed by atoms with Gasteiger partial charge in [-0.15, -0.1) is 0 Å². The van der Waals surface area contributed by atoms with E-state index >= 15 is 0 Å². The van der Waals surface area contributed by atoms with Gasteiger partial charge in [-0.1, -0.05) is 73.4 Å². The van der Waals surface area contributed by atoms with E-state index in [2.05, 4.69) is 5.32 Å². The first kappa shape index (κ1) is 36.0. The Morgan fingerprint density at radius 1 is 0.898 bits per heavy atom. The lowest BCUT2D eigenvalue weighted by Crippen LogP contribution is -2.53. The Morgan fingerprint density at radius 2 is 1.59 bits per heavy atom. The molecular formula is C36H36Cl2FN3O6S. The van der Waals surface area contributed by atoms with Gasteiger partial charge in [0.1, 0.15) is 31.6 Å². The zero-order valence-corrected chi connectivity index (χ0v) is 29.3. The number of sulfonamides is 1. The molecule has 49 heavy (non-hydrogen) atoms. The molecule has 0 fully saturated rings. The van der Waals surface area contributed by atoms with E-state index in [1.807, 2.05) is 44.2 Å². The van der Waals surface area contributed by atoms with Crippen molar-refractivity contribution in [2.45, 2.75) is 37.8 Å². The SMILES string of the molecule is CC(C)CNC(=O)[C@@H](Cc1ccccc1)N(Cc1ccc(Cl)cc1Cl)C(=O)CN(c1ccc(F)cc1)S(=O)(=O)c1ccc2c(c1)OCCO2. The number of nitrogens with one attached hydrogen (secondary N) is 1. The number of carbonyl (C=O) groups is 2. The maximum atomic E-state index is 14.6. The summed E-state index contributed by atoms with van der Waals surface area (Å²) in [4.78, 5) is 29.7. The van der Waals surface area contributed by atoms with E-state index in [1.54, 1.807) is 12.1 Å². The molecule has 1 atom stereocenters. The van der Waals surface area contributed by atoms with Crippen LogP contribution in [0.3, 0.4) is 0 Å². The van der Waals surface area contributed by atoms with Crippen molar-refractivity contribution in [3.8, 4) is 11.5 Å². The zero-order chi connectivity index (χ0) is 35.1. The highest BCUT2D eigenvalue weighted by molar-refractivity contribution is 7.92. The fourth-order valence-electron chi connectivity index (χ4n) is 5.26. The van der Waals surface area contributed by atoms with Crippen LogP contribution in [-0.4, -0.2) is 57.5 Å². The number of amides is 2. The van der Waals surface area contributed by atoms with Gasteiger partial charge in [0.05, 0.1) is 10.6 Å². The normalized spacial score (nSPS) is 13.1. The number of ether oxygens (including phenoxy) is 2. The standard InChI is InChI=1S/C36H36Cl2FN3O6S/c1-24(2)21-40-36(44)32(18-25-6-4-3-5-7-25)41(22-26-8-9-27(37)19-31(26)38)35(43)23-42(29-12-10-28(39)11-13-29)49(45,46)30-14-15-33-34(20-30)48-17-16-47-33/h3-15,19-20,24,32H,16-18,21-23H2,1-2H3,(H,40,44)/t32-/m1/s1. The first-order chi connectivity index (χ1) is 23.4. The van der Waals surface area contributed by atoms with Gasteiger partial charge in [-0.05, 0) is 65.6 Å². The molecule has 2 amide bonds. The van der Waals surface area contributed by atoms with Crippen LogP contribution in [0, 0.1) is 11.7 Å². The first-order valence-corrected chi connectivity index (χ1v) is 17.8. The summed E-state index contributed by atoms with van der Waals surface area (Å²) in [7, 11) is -4.46. The average molecular weight is 729 g/mol. The molecule has 1 aliphatic heterocycles. The van der Waals surface area contributed by atoms with Gasteiger partial charge in [0, 0.05) is 35.6 Å². The van der Waals surface area contributed by atoms with Crippen molar-refractivity contribution in [3.63, 3.8) is 0 Å². The van der Waals surface area contributed by atoms with Crippen molar-refractivity contribution in [2.24, 2.45) is 5.92 Å². The smallest absolute Gasteiger partial charge is 0.264 e. The molecule has 4 aromatic rings. The van der Waals surface area contributed by atoms with Crippen LogP contribution >= 0.6 is 23.2 Å². The van der Waals surface area contributed by atoms with E-state index in [9.17, 15) is 22.4 Å². The second-order valence-corrected chi connectivity index (χ2v) is 14.6. The van der Waals surface area contributed by atoms with Crippen LogP contribution in [0.5, 0.6) is 11.5 Å². The molecule has 0 radical (unpaired) electrons.